The minimum absolute atomic E-state index is 0.0852. The van der Waals surface area contributed by atoms with Crippen LogP contribution in [-0.4, -0.2) is 25.6 Å². The van der Waals surface area contributed by atoms with E-state index in [1.165, 1.54) is 5.56 Å². The van der Waals surface area contributed by atoms with Gasteiger partial charge in [0.1, 0.15) is 11.3 Å². The van der Waals surface area contributed by atoms with Crippen LogP contribution in [0.4, 0.5) is 5.82 Å². The van der Waals surface area contributed by atoms with E-state index < -0.39 is 0 Å². The molecule has 0 spiro atoms. The van der Waals surface area contributed by atoms with Crippen LogP contribution in [0.3, 0.4) is 0 Å². The fourth-order valence-corrected chi connectivity index (χ4v) is 4.89. The van der Waals surface area contributed by atoms with Crippen LogP contribution in [0.2, 0.25) is 0 Å². The van der Waals surface area contributed by atoms with E-state index in [2.05, 4.69) is 71.2 Å². The summed E-state index contributed by atoms with van der Waals surface area (Å²) in [6.07, 6.45) is 4.97. The molecular weight excluding hydrogens is 478 g/mol. The number of halogens is 1. The zero-order valence-corrected chi connectivity index (χ0v) is 20.6. The molecule has 0 amide bonds. The molecule has 0 atom stereocenters. The minimum Gasteiger partial charge on any atom is -0.331 e. The standard InChI is InChI=1S/C26H26BrN5O/c1-17(2)20-10-11-22(21(27)16-20)32-25-23-24(28-18(3)29-25)30(13-7-14-31(23)26(32)33)15-12-19-8-5-4-6-9-19/h4-6,8-12,15-17H,7,13-14H2,1-3H3/b15-12+. The molecular formula is C26H26BrN5O. The smallest absolute Gasteiger partial charge is 0.331 e. The summed E-state index contributed by atoms with van der Waals surface area (Å²) in [5.74, 6) is 1.81. The highest BCUT2D eigenvalue weighted by molar-refractivity contribution is 9.10. The van der Waals surface area contributed by atoms with E-state index in [1.54, 1.807) is 4.57 Å². The van der Waals surface area contributed by atoms with Crippen LogP contribution >= 0.6 is 15.9 Å². The van der Waals surface area contributed by atoms with E-state index in [1.807, 2.05) is 35.8 Å². The van der Waals surface area contributed by atoms with Crippen LogP contribution in [0, 0.1) is 6.92 Å². The highest BCUT2D eigenvalue weighted by Gasteiger charge is 2.26. The number of anilines is 1. The fourth-order valence-electron chi connectivity index (χ4n) is 4.32. The lowest BCUT2D eigenvalue weighted by Gasteiger charge is -2.18. The summed E-state index contributed by atoms with van der Waals surface area (Å²) in [7, 11) is 0. The van der Waals surface area contributed by atoms with Crippen molar-refractivity contribution in [3.8, 4) is 5.69 Å². The Bertz CT molecular complexity index is 1420. The van der Waals surface area contributed by atoms with Crippen LogP contribution in [0.5, 0.6) is 0 Å². The van der Waals surface area contributed by atoms with Gasteiger partial charge in [-0.2, -0.15) is 0 Å². The predicted molar refractivity (Wildman–Crippen MR) is 137 cm³/mol. The largest absolute Gasteiger partial charge is 0.335 e. The third kappa shape index (κ3) is 3.91. The summed E-state index contributed by atoms with van der Waals surface area (Å²) in [5, 5.41) is 0. The molecule has 168 valence electrons. The summed E-state index contributed by atoms with van der Waals surface area (Å²) < 4.78 is 4.42. The first kappa shape index (κ1) is 21.6. The molecule has 3 heterocycles. The van der Waals surface area contributed by atoms with E-state index in [0.29, 0.717) is 23.9 Å². The number of hydrogen-bond donors (Lipinski definition) is 0. The molecule has 2 aromatic heterocycles. The second-order valence-electron chi connectivity index (χ2n) is 8.68. The topological polar surface area (TPSA) is 56.0 Å². The van der Waals surface area contributed by atoms with Gasteiger partial charge in [-0.15, -0.1) is 0 Å². The van der Waals surface area contributed by atoms with Crippen molar-refractivity contribution < 1.29 is 0 Å². The van der Waals surface area contributed by atoms with Crippen LogP contribution in [0.1, 0.15) is 43.1 Å². The first-order chi connectivity index (χ1) is 15.9. The fraction of sp³-hybridized carbons (Fsp3) is 0.269. The van der Waals surface area contributed by atoms with Gasteiger partial charge in [0.15, 0.2) is 11.5 Å². The van der Waals surface area contributed by atoms with E-state index in [0.717, 1.165) is 40.0 Å². The Hall–Kier alpha value is -3.19. The second kappa shape index (κ2) is 8.63. The van der Waals surface area contributed by atoms with Gasteiger partial charge >= 0.3 is 5.69 Å². The van der Waals surface area contributed by atoms with E-state index in [9.17, 15) is 4.79 Å². The van der Waals surface area contributed by atoms with Crippen molar-refractivity contribution in [1.29, 1.82) is 0 Å². The van der Waals surface area contributed by atoms with Gasteiger partial charge in [-0.25, -0.2) is 19.3 Å². The van der Waals surface area contributed by atoms with E-state index in [-0.39, 0.29) is 5.69 Å². The summed E-state index contributed by atoms with van der Waals surface area (Å²) >= 11 is 3.70. The zero-order chi connectivity index (χ0) is 23.1. The molecule has 0 fully saturated rings. The molecule has 0 unspecified atom stereocenters. The highest BCUT2D eigenvalue weighted by atomic mass is 79.9. The number of rotatable bonds is 4. The lowest BCUT2D eigenvalue weighted by molar-refractivity contribution is 0.645. The minimum atomic E-state index is -0.0852. The molecule has 2 aromatic carbocycles. The third-order valence-electron chi connectivity index (χ3n) is 6.04. The Morgan fingerprint density at radius 2 is 1.85 bits per heavy atom. The Labute approximate surface area is 201 Å². The van der Waals surface area contributed by atoms with Gasteiger partial charge in [0.05, 0.1) is 5.69 Å². The quantitative estimate of drug-likeness (QED) is 0.360. The molecule has 7 heteroatoms. The number of nitrogens with zero attached hydrogens (tertiary/aromatic N) is 5. The van der Waals surface area contributed by atoms with Gasteiger partial charge in [0.2, 0.25) is 0 Å². The van der Waals surface area contributed by atoms with Gasteiger partial charge in [0.25, 0.3) is 0 Å². The van der Waals surface area contributed by atoms with Gasteiger partial charge in [-0.05, 0) is 64.5 Å². The molecule has 0 N–H and O–H groups in total. The Morgan fingerprint density at radius 3 is 2.58 bits per heavy atom. The molecule has 0 saturated carbocycles. The maximum atomic E-state index is 13.6. The average molecular weight is 504 g/mol. The number of hydrogen-bond acceptors (Lipinski definition) is 4. The molecule has 33 heavy (non-hydrogen) atoms. The monoisotopic (exact) mass is 503 g/mol. The molecule has 0 aliphatic carbocycles. The van der Waals surface area contributed by atoms with Gasteiger partial charge in [0, 0.05) is 23.8 Å². The third-order valence-corrected chi connectivity index (χ3v) is 6.68. The van der Waals surface area contributed by atoms with Crippen molar-refractivity contribution in [1.82, 2.24) is 19.1 Å². The molecule has 0 saturated heterocycles. The van der Waals surface area contributed by atoms with Crippen molar-refractivity contribution in [2.75, 3.05) is 11.4 Å². The first-order valence-corrected chi connectivity index (χ1v) is 12.0. The second-order valence-corrected chi connectivity index (χ2v) is 9.53. The van der Waals surface area contributed by atoms with Crippen molar-refractivity contribution in [3.05, 3.63) is 86.6 Å². The SMILES string of the molecule is Cc1nc2c3c(n1)n(-c1ccc(C(C)C)cc1Br)c(=O)n3CCCN2/C=C/c1ccccc1. The molecule has 4 aromatic rings. The van der Waals surface area contributed by atoms with Gasteiger partial charge in [-0.1, -0.05) is 50.2 Å². The number of aromatic nitrogens is 4. The van der Waals surface area contributed by atoms with E-state index >= 15 is 0 Å². The Balaban J connectivity index is 1.70. The van der Waals surface area contributed by atoms with Gasteiger partial charge in [-0.3, -0.25) is 4.57 Å². The normalized spacial score (nSPS) is 13.9. The Morgan fingerprint density at radius 1 is 1.06 bits per heavy atom. The maximum absolute atomic E-state index is 13.6. The highest BCUT2D eigenvalue weighted by Crippen LogP contribution is 2.31. The lowest BCUT2D eigenvalue weighted by atomic mass is 10.0. The van der Waals surface area contributed by atoms with Crippen molar-refractivity contribution in [3.63, 3.8) is 0 Å². The Kier molecular flexibility index (Phi) is 5.66. The van der Waals surface area contributed by atoms with Crippen LogP contribution in [0.15, 0.2) is 64.0 Å². The number of benzene rings is 2. The van der Waals surface area contributed by atoms with Crippen molar-refractivity contribution in [2.24, 2.45) is 0 Å². The molecule has 0 bridgehead atoms. The lowest BCUT2D eigenvalue weighted by Crippen LogP contribution is -2.24. The molecule has 6 nitrogen and oxygen atoms in total. The van der Waals surface area contributed by atoms with Gasteiger partial charge < -0.3 is 4.90 Å². The van der Waals surface area contributed by atoms with Crippen molar-refractivity contribution in [2.45, 2.75) is 39.7 Å². The summed E-state index contributed by atoms with van der Waals surface area (Å²) in [5.41, 5.74) is 4.46. The summed E-state index contributed by atoms with van der Waals surface area (Å²) in [6, 6.07) is 16.4. The molecule has 0 radical (unpaired) electrons. The zero-order valence-electron chi connectivity index (χ0n) is 19.0. The predicted octanol–water partition coefficient (Wildman–Crippen LogP) is 5.66. The van der Waals surface area contributed by atoms with Crippen molar-refractivity contribution >= 4 is 39.0 Å². The van der Waals surface area contributed by atoms with Crippen LogP contribution in [-0.2, 0) is 6.54 Å². The molecule has 1 aliphatic rings. The average Bonchev–Trinajstić information content (AvgIpc) is 2.94. The maximum Gasteiger partial charge on any atom is 0.335 e. The number of aryl methyl sites for hydroxylation is 2. The summed E-state index contributed by atoms with van der Waals surface area (Å²) in [4.78, 5) is 25.3. The molecule has 1 aliphatic heterocycles. The van der Waals surface area contributed by atoms with Crippen LogP contribution in [0.25, 0.3) is 22.9 Å². The van der Waals surface area contributed by atoms with E-state index in [4.69, 9.17) is 9.97 Å². The van der Waals surface area contributed by atoms with Crippen LogP contribution < -0.4 is 10.6 Å². The summed E-state index contributed by atoms with van der Waals surface area (Å²) in [6.45, 7) is 7.60. The first-order valence-electron chi connectivity index (χ1n) is 11.2. The number of imidazole rings is 1. The molecule has 5 rings (SSSR count).